The molecule has 0 saturated carbocycles. The van der Waals surface area contributed by atoms with E-state index in [9.17, 15) is 4.79 Å². The van der Waals surface area contributed by atoms with Gasteiger partial charge in [0.1, 0.15) is 6.10 Å². The Morgan fingerprint density at radius 3 is 2.17 bits per heavy atom. The lowest BCUT2D eigenvalue weighted by Crippen LogP contribution is -2.53. The van der Waals surface area contributed by atoms with Crippen molar-refractivity contribution in [1.82, 2.24) is 24.4 Å². The average Bonchev–Trinajstić information content (AvgIpc) is 3.50. The minimum Gasteiger partial charge on any atom is -0.408 e. The summed E-state index contributed by atoms with van der Waals surface area (Å²) in [5.74, 6) is 0.0440. The largest absolute Gasteiger partial charge is 0.408 e. The molecule has 1 fully saturated rings. The van der Waals surface area contributed by atoms with Crippen molar-refractivity contribution in [3.8, 4) is 0 Å². The number of aromatic nitrogens is 4. The summed E-state index contributed by atoms with van der Waals surface area (Å²) in [6, 6.07) is 21.0. The quantitative estimate of drug-likeness (QED) is 0.255. The normalized spacial score (nSPS) is 21.6. The van der Waals surface area contributed by atoms with Crippen LogP contribution in [0.15, 0.2) is 71.8 Å². The molecule has 3 heterocycles. The highest BCUT2D eigenvalue weighted by atomic mass is 28.4. The number of nitrogens with one attached hydrogen (secondary N) is 1. The van der Waals surface area contributed by atoms with Gasteiger partial charge >= 0.3 is 0 Å². The van der Waals surface area contributed by atoms with Crippen LogP contribution in [-0.2, 0) is 22.3 Å². The van der Waals surface area contributed by atoms with Gasteiger partial charge in [0.25, 0.3) is 5.56 Å². The summed E-state index contributed by atoms with van der Waals surface area (Å²) >= 11 is 0. The maximum Gasteiger partial charge on any atom is 0.280 e. The Morgan fingerprint density at radius 1 is 1.05 bits per heavy atom. The van der Waals surface area contributed by atoms with Gasteiger partial charge in [-0.25, -0.2) is 4.98 Å². The number of imidazole rings is 1. The molecule has 0 radical (unpaired) electrons. The second-order valence-corrected chi connectivity index (χ2v) is 17.2. The van der Waals surface area contributed by atoms with E-state index >= 15 is 0 Å². The van der Waals surface area contributed by atoms with E-state index in [1.807, 2.05) is 16.7 Å². The molecule has 4 atom stereocenters. The second kappa shape index (κ2) is 11.5. The zero-order chi connectivity index (χ0) is 29.4. The number of aromatic amines is 1. The zero-order valence-electron chi connectivity index (χ0n) is 24.9. The highest BCUT2D eigenvalue weighted by Crippen LogP contribution is 2.44. The predicted molar refractivity (Wildman–Crippen MR) is 165 cm³/mol. The minimum atomic E-state index is -2.28. The standard InChI is InChI=1S/C31H42N6O3Si/c1-7-23-25(36(18-21-14-10-8-11-15-21)19-22-16-12-9-13-17-22)26(40-41(5,6)31(2,3)4)29(39-23)37-20-33-24-27(37)34-30(32)35-28(24)38/h8-17,20,23,25-26,29H,7,18-19H2,1-6H3,(H3,32,34,35,38)/t23-,25+,26?,29-/m1/s1. The molecule has 10 heteroatoms. The molecule has 3 N–H and O–H groups in total. The number of nitrogen functional groups attached to an aromatic ring is 1. The van der Waals surface area contributed by atoms with Crippen molar-refractivity contribution >= 4 is 25.4 Å². The Bertz CT molecular complexity index is 1470. The van der Waals surface area contributed by atoms with Crippen LogP contribution in [0, 0.1) is 0 Å². The third kappa shape index (κ3) is 6.01. The van der Waals surface area contributed by atoms with E-state index < -0.39 is 14.5 Å². The van der Waals surface area contributed by atoms with Crippen LogP contribution < -0.4 is 11.3 Å². The zero-order valence-corrected chi connectivity index (χ0v) is 25.9. The fraction of sp³-hybridized carbons (Fsp3) is 0.452. The topological polar surface area (TPSA) is 111 Å². The third-order valence-corrected chi connectivity index (χ3v) is 13.0. The number of rotatable bonds is 9. The molecule has 1 aliphatic heterocycles. The summed E-state index contributed by atoms with van der Waals surface area (Å²) in [6.07, 6.45) is 1.42. The highest BCUT2D eigenvalue weighted by Gasteiger charge is 2.52. The van der Waals surface area contributed by atoms with Gasteiger partial charge in [-0.1, -0.05) is 88.4 Å². The number of hydrogen-bond acceptors (Lipinski definition) is 7. The van der Waals surface area contributed by atoms with Crippen LogP contribution >= 0.6 is 0 Å². The number of anilines is 1. The van der Waals surface area contributed by atoms with Gasteiger partial charge in [0, 0.05) is 13.1 Å². The van der Waals surface area contributed by atoms with Crippen molar-refractivity contribution in [1.29, 1.82) is 0 Å². The van der Waals surface area contributed by atoms with Crippen LogP contribution in [0.3, 0.4) is 0 Å². The SMILES string of the molecule is CC[C@H]1O[C@@H](n2cnc3c(=O)[nH]c(N)nc32)C(O[Si](C)(C)C(C)(C)C)[C@H]1N(Cc1ccccc1)Cc1ccccc1. The van der Waals surface area contributed by atoms with E-state index in [-0.39, 0.29) is 40.3 Å². The maximum absolute atomic E-state index is 12.6. The number of ether oxygens (including phenoxy) is 1. The van der Waals surface area contributed by atoms with Gasteiger partial charge in [0.05, 0.1) is 18.5 Å². The van der Waals surface area contributed by atoms with Crippen molar-refractivity contribution in [3.63, 3.8) is 0 Å². The lowest BCUT2D eigenvalue weighted by Gasteiger charge is -2.43. The van der Waals surface area contributed by atoms with Gasteiger partial charge in [-0.05, 0) is 35.7 Å². The monoisotopic (exact) mass is 574 g/mol. The summed E-state index contributed by atoms with van der Waals surface area (Å²) in [5.41, 5.74) is 8.67. The van der Waals surface area contributed by atoms with Crippen molar-refractivity contribution in [3.05, 3.63) is 88.5 Å². The smallest absolute Gasteiger partial charge is 0.280 e. The molecule has 1 saturated heterocycles. The molecule has 0 aliphatic carbocycles. The van der Waals surface area contributed by atoms with Crippen LogP contribution in [-0.4, -0.2) is 51.0 Å². The number of hydrogen-bond donors (Lipinski definition) is 2. The molecule has 41 heavy (non-hydrogen) atoms. The van der Waals surface area contributed by atoms with Crippen molar-refractivity contribution < 1.29 is 9.16 Å². The van der Waals surface area contributed by atoms with Crippen molar-refractivity contribution in [2.75, 3.05) is 5.73 Å². The molecule has 218 valence electrons. The number of nitrogens with zero attached hydrogens (tertiary/aromatic N) is 4. The van der Waals surface area contributed by atoms with Crippen LogP contribution in [0.5, 0.6) is 0 Å². The fourth-order valence-corrected chi connectivity index (χ4v) is 6.69. The number of nitrogens with two attached hydrogens (primary N) is 1. The van der Waals surface area contributed by atoms with Gasteiger partial charge in [-0.15, -0.1) is 0 Å². The van der Waals surface area contributed by atoms with Crippen molar-refractivity contribution in [2.45, 2.75) is 89.8 Å². The molecular formula is C31H42N6O3Si. The first kappa shape index (κ1) is 29.2. The first-order chi connectivity index (χ1) is 19.5. The Balaban J connectivity index is 1.64. The number of H-pyrrole nitrogens is 1. The molecule has 0 spiro atoms. The summed E-state index contributed by atoms with van der Waals surface area (Å²) in [4.78, 5) is 26.5. The van der Waals surface area contributed by atoms with Gasteiger partial charge in [-0.3, -0.25) is 19.2 Å². The lowest BCUT2D eigenvalue weighted by atomic mass is 10.0. The minimum absolute atomic E-state index is 0.0209. The molecule has 0 bridgehead atoms. The van der Waals surface area contributed by atoms with Crippen LogP contribution in [0.2, 0.25) is 18.1 Å². The molecule has 9 nitrogen and oxygen atoms in total. The molecule has 2 aromatic heterocycles. The molecule has 0 amide bonds. The second-order valence-electron chi connectivity index (χ2n) is 12.5. The van der Waals surface area contributed by atoms with Crippen molar-refractivity contribution in [2.24, 2.45) is 0 Å². The summed E-state index contributed by atoms with van der Waals surface area (Å²) in [7, 11) is -2.28. The first-order valence-corrected chi connectivity index (χ1v) is 17.3. The van der Waals surface area contributed by atoms with Gasteiger partial charge < -0.3 is 14.9 Å². The van der Waals surface area contributed by atoms with E-state index in [2.05, 4.69) is 109 Å². The Labute approximate surface area is 242 Å². The van der Waals surface area contributed by atoms with E-state index in [1.54, 1.807) is 6.33 Å². The Morgan fingerprint density at radius 2 is 1.63 bits per heavy atom. The molecule has 2 aromatic carbocycles. The molecular weight excluding hydrogens is 532 g/mol. The van der Waals surface area contributed by atoms with E-state index in [1.165, 1.54) is 11.1 Å². The van der Waals surface area contributed by atoms with E-state index in [0.29, 0.717) is 5.65 Å². The predicted octanol–water partition coefficient (Wildman–Crippen LogP) is 5.47. The molecule has 1 unspecified atom stereocenters. The number of benzene rings is 2. The van der Waals surface area contributed by atoms with E-state index in [4.69, 9.17) is 14.9 Å². The Kier molecular flexibility index (Phi) is 8.20. The maximum atomic E-state index is 12.6. The summed E-state index contributed by atoms with van der Waals surface area (Å²) in [5, 5.41) is -0.0209. The van der Waals surface area contributed by atoms with Gasteiger partial charge in [0.2, 0.25) is 5.95 Å². The molecule has 4 aromatic rings. The van der Waals surface area contributed by atoms with Gasteiger partial charge in [-0.2, -0.15) is 4.98 Å². The van der Waals surface area contributed by atoms with Gasteiger partial charge in [0.15, 0.2) is 25.7 Å². The van der Waals surface area contributed by atoms with Crippen LogP contribution in [0.4, 0.5) is 5.95 Å². The first-order valence-electron chi connectivity index (χ1n) is 14.4. The third-order valence-electron chi connectivity index (χ3n) is 8.56. The Hall–Kier alpha value is -3.31. The number of fused-ring (bicyclic) bond motifs is 1. The summed E-state index contributed by atoms with van der Waals surface area (Å²) < 4.78 is 16.0. The average molecular weight is 575 g/mol. The summed E-state index contributed by atoms with van der Waals surface area (Å²) in [6.45, 7) is 14.9. The van der Waals surface area contributed by atoms with E-state index in [0.717, 1.165) is 19.5 Å². The molecule has 1 aliphatic rings. The fourth-order valence-electron chi connectivity index (χ4n) is 5.40. The molecule has 5 rings (SSSR count). The lowest BCUT2D eigenvalue weighted by molar-refractivity contribution is -0.0323. The highest BCUT2D eigenvalue weighted by molar-refractivity contribution is 6.74. The van der Waals surface area contributed by atoms with Crippen LogP contribution in [0.25, 0.3) is 11.2 Å². The van der Waals surface area contributed by atoms with Crippen LogP contribution in [0.1, 0.15) is 51.5 Å².